The van der Waals surface area contributed by atoms with Crippen LogP contribution in [0.25, 0.3) is 11.5 Å². The van der Waals surface area contributed by atoms with E-state index in [2.05, 4.69) is 10.3 Å². The molecule has 3 rings (SSSR count). The molecule has 0 unspecified atom stereocenters. The first-order valence-corrected chi connectivity index (χ1v) is 8.44. The maximum absolute atomic E-state index is 12.3. The van der Waals surface area contributed by atoms with Gasteiger partial charge in [-0.25, -0.2) is 9.78 Å². The Morgan fingerprint density at radius 3 is 2.72 bits per heavy atom. The van der Waals surface area contributed by atoms with Crippen molar-refractivity contribution >= 4 is 28.9 Å². The van der Waals surface area contributed by atoms with Crippen molar-refractivity contribution < 1.29 is 18.7 Å². The fourth-order valence-electron chi connectivity index (χ4n) is 2.30. The van der Waals surface area contributed by atoms with Crippen LogP contribution in [0.1, 0.15) is 21.1 Å². The Morgan fingerprint density at radius 1 is 1.24 bits per heavy atom. The molecule has 0 radical (unpaired) electrons. The zero-order valence-electron chi connectivity index (χ0n) is 13.7. The van der Waals surface area contributed by atoms with Crippen molar-refractivity contribution in [3.05, 3.63) is 58.1 Å². The molecular formula is C18H16N2O4S. The molecule has 7 heteroatoms. The number of nitrogens with one attached hydrogen (secondary N) is 1. The number of aromatic nitrogens is 1. The molecule has 2 aromatic heterocycles. The summed E-state index contributed by atoms with van der Waals surface area (Å²) in [7, 11) is 1.30. The molecule has 0 saturated carbocycles. The van der Waals surface area contributed by atoms with Gasteiger partial charge in [0.1, 0.15) is 10.6 Å². The van der Waals surface area contributed by atoms with E-state index < -0.39 is 5.97 Å². The largest absolute Gasteiger partial charge is 0.465 e. The summed E-state index contributed by atoms with van der Waals surface area (Å²) in [5, 5.41) is 4.44. The van der Waals surface area contributed by atoms with E-state index >= 15 is 0 Å². The first-order valence-electron chi connectivity index (χ1n) is 7.56. The minimum Gasteiger partial charge on any atom is -0.465 e. The highest BCUT2D eigenvalue weighted by molar-refractivity contribution is 7.12. The summed E-state index contributed by atoms with van der Waals surface area (Å²) in [5.41, 5.74) is 1.85. The number of hydrogen-bond acceptors (Lipinski definition) is 6. The van der Waals surface area contributed by atoms with E-state index in [4.69, 9.17) is 9.15 Å². The fourth-order valence-corrected chi connectivity index (χ4v) is 3.07. The number of carbonyl (C=O) groups excluding carboxylic acids is 2. The third-order valence-corrected chi connectivity index (χ3v) is 4.45. The topological polar surface area (TPSA) is 81.4 Å². The van der Waals surface area contributed by atoms with Crippen molar-refractivity contribution in [3.63, 3.8) is 0 Å². The highest BCUT2D eigenvalue weighted by Crippen LogP contribution is 2.24. The maximum atomic E-state index is 12.3. The van der Waals surface area contributed by atoms with Crippen molar-refractivity contribution in [1.29, 1.82) is 0 Å². The average Bonchev–Trinajstić information content (AvgIpc) is 3.22. The van der Waals surface area contributed by atoms with Gasteiger partial charge in [0, 0.05) is 5.56 Å². The van der Waals surface area contributed by atoms with Gasteiger partial charge in [0.25, 0.3) is 0 Å². The van der Waals surface area contributed by atoms with Crippen molar-refractivity contribution in [2.45, 2.75) is 13.3 Å². The number of esters is 1. The molecule has 1 N–H and O–H groups in total. The Morgan fingerprint density at radius 2 is 2.00 bits per heavy atom. The normalized spacial score (nSPS) is 10.5. The second kappa shape index (κ2) is 7.31. The van der Waals surface area contributed by atoms with Crippen molar-refractivity contribution in [2.24, 2.45) is 0 Å². The number of methoxy groups -OCH3 is 1. The van der Waals surface area contributed by atoms with Gasteiger partial charge < -0.3 is 14.5 Å². The Hall–Kier alpha value is -2.93. The van der Waals surface area contributed by atoms with Crippen LogP contribution in [0.5, 0.6) is 0 Å². The lowest BCUT2D eigenvalue weighted by Crippen LogP contribution is -2.16. The number of amides is 1. The molecule has 0 atom stereocenters. The summed E-state index contributed by atoms with van der Waals surface area (Å²) in [4.78, 5) is 28.7. The molecule has 2 heterocycles. The van der Waals surface area contributed by atoms with Gasteiger partial charge in [-0.3, -0.25) is 4.79 Å². The number of ether oxygens (including phenoxy) is 1. The summed E-state index contributed by atoms with van der Waals surface area (Å²) in [5.74, 6) is 0.313. The summed E-state index contributed by atoms with van der Waals surface area (Å²) in [6.07, 6.45) is 0.0542. The van der Waals surface area contributed by atoms with Gasteiger partial charge in [-0.05, 0) is 30.5 Å². The predicted molar refractivity (Wildman–Crippen MR) is 94.7 cm³/mol. The minimum atomic E-state index is -0.478. The zero-order valence-corrected chi connectivity index (χ0v) is 14.6. The van der Waals surface area contributed by atoms with E-state index in [-0.39, 0.29) is 12.3 Å². The highest BCUT2D eigenvalue weighted by atomic mass is 32.1. The number of rotatable bonds is 5. The summed E-state index contributed by atoms with van der Waals surface area (Å²) in [6, 6.07) is 11.2. The molecule has 25 heavy (non-hydrogen) atoms. The van der Waals surface area contributed by atoms with Crippen LogP contribution in [-0.4, -0.2) is 24.0 Å². The lowest BCUT2D eigenvalue weighted by atomic mass is 10.2. The number of thiophene rings is 1. The van der Waals surface area contributed by atoms with E-state index in [1.807, 2.05) is 30.3 Å². The number of anilines is 1. The molecule has 128 valence electrons. The van der Waals surface area contributed by atoms with Crippen molar-refractivity contribution in [1.82, 2.24) is 4.98 Å². The summed E-state index contributed by atoms with van der Waals surface area (Å²) in [6.45, 7) is 1.77. The minimum absolute atomic E-state index is 0.0542. The molecule has 0 saturated heterocycles. The van der Waals surface area contributed by atoms with Crippen molar-refractivity contribution in [3.8, 4) is 11.5 Å². The smallest absolute Gasteiger partial charge is 0.350 e. The van der Waals surface area contributed by atoms with Crippen LogP contribution in [0.15, 0.2) is 46.2 Å². The Kier molecular flexibility index (Phi) is 4.95. The molecule has 1 aromatic carbocycles. The zero-order chi connectivity index (χ0) is 17.8. The molecule has 0 aliphatic heterocycles. The quantitative estimate of drug-likeness (QED) is 0.705. The molecule has 0 bridgehead atoms. The third-order valence-electron chi connectivity index (χ3n) is 3.55. The maximum Gasteiger partial charge on any atom is 0.350 e. The lowest BCUT2D eigenvalue weighted by Gasteiger charge is -2.04. The van der Waals surface area contributed by atoms with Gasteiger partial charge in [-0.2, -0.15) is 0 Å². The molecular weight excluding hydrogens is 340 g/mol. The van der Waals surface area contributed by atoms with E-state index in [0.29, 0.717) is 27.9 Å². The average molecular weight is 356 g/mol. The number of nitrogens with zero attached hydrogens (tertiary/aromatic N) is 1. The Labute approximate surface area is 148 Å². The van der Waals surface area contributed by atoms with Gasteiger partial charge in [-0.15, -0.1) is 11.3 Å². The molecule has 1 amide bonds. The molecule has 0 spiro atoms. The second-order valence-electron chi connectivity index (χ2n) is 5.27. The first kappa shape index (κ1) is 16.9. The van der Waals surface area contributed by atoms with Gasteiger partial charge in [0.15, 0.2) is 0 Å². The van der Waals surface area contributed by atoms with Crippen LogP contribution < -0.4 is 5.32 Å². The van der Waals surface area contributed by atoms with Crippen molar-refractivity contribution in [2.75, 3.05) is 12.4 Å². The first-order chi connectivity index (χ1) is 12.1. The fraction of sp³-hybridized carbons (Fsp3) is 0.167. The van der Waals surface area contributed by atoms with Crippen LogP contribution in [0, 0.1) is 6.92 Å². The number of carbonyl (C=O) groups is 2. The Bertz CT molecular complexity index is 899. The predicted octanol–water partition coefficient (Wildman–Crippen LogP) is 3.68. The van der Waals surface area contributed by atoms with Crippen LogP contribution in [0.2, 0.25) is 0 Å². The summed E-state index contributed by atoms with van der Waals surface area (Å²) >= 11 is 1.21. The number of hydrogen-bond donors (Lipinski definition) is 1. The van der Waals surface area contributed by atoms with Crippen LogP contribution in [0.3, 0.4) is 0 Å². The molecule has 3 aromatic rings. The van der Waals surface area contributed by atoms with E-state index in [9.17, 15) is 9.59 Å². The molecule has 6 nitrogen and oxygen atoms in total. The number of benzene rings is 1. The lowest BCUT2D eigenvalue weighted by molar-refractivity contribution is -0.115. The number of aryl methyl sites for hydroxylation is 1. The van der Waals surface area contributed by atoms with Crippen LogP contribution in [-0.2, 0) is 16.0 Å². The second-order valence-corrected chi connectivity index (χ2v) is 6.18. The monoisotopic (exact) mass is 356 g/mol. The Balaban J connectivity index is 1.73. The van der Waals surface area contributed by atoms with Gasteiger partial charge >= 0.3 is 5.97 Å². The third kappa shape index (κ3) is 3.77. The van der Waals surface area contributed by atoms with Gasteiger partial charge in [-0.1, -0.05) is 18.2 Å². The SMILES string of the molecule is COC(=O)c1sccc1NC(=O)Cc1nc(-c2ccccc2)oc1C. The van der Waals surface area contributed by atoms with Crippen LogP contribution >= 0.6 is 11.3 Å². The molecule has 0 aliphatic rings. The molecule has 0 aliphatic carbocycles. The standard InChI is InChI=1S/C18H16N2O4S/c1-11-14(20-17(24-11)12-6-4-3-5-7-12)10-15(21)19-13-8-9-25-16(13)18(22)23-2/h3-9H,10H2,1-2H3,(H,19,21). The van der Waals surface area contributed by atoms with Crippen LogP contribution in [0.4, 0.5) is 5.69 Å². The highest BCUT2D eigenvalue weighted by Gasteiger charge is 2.18. The van der Waals surface area contributed by atoms with E-state index in [0.717, 1.165) is 5.56 Å². The summed E-state index contributed by atoms with van der Waals surface area (Å²) < 4.78 is 10.4. The van der Waals surface area contributed by atoms with E-state index in [1.54, 1.807) is 18.4 Å². The van der Waals surface area contributed by atoms with Gasteiger partial charge in [0.05, 0.1) is 24.9 Å². The number of oxazole rings is 1. The molecule has 0 fully saturated rings. The van der Waals surface area contributed by atoms with Gasteiger partial charge in [0.2, 0.25) is 11.8 Å². The van der Waals surface area contributed by atoms with E-state index in [1.165, 1.54) is 18.4 Å².